The lowest BCUT2D eigenvalue weighted by Gasteiger charge is -2.39. The van der Waals surface area contributed by atoms with Crippen molar-refractivity contribution in [1.82, 2.24) is 14.4 Å². The number of aromatic nitrogens is 1. The van der Waals surface area contributed by atoms with Gasteiger partial charge in [0.05, 0.1) is 24.8 Å². The first-order valence-electron chi connectivity index (χ1n) is 10.7. The number of piperazine rings is 1. The van der Waals surface area contributed by atoms with Gasteiger partial charge in [0.25, 0.3) is 5.56 Å². The third kappa shape index (κ3) is 5.11. The highest BCUT2D eigenvalue weighted by molar-refractivity contribution is 5.67. The van der Waals surface area contributed by atoms with E-state index in [0.717, 1.165) is 0 Å². The number of aryl methyl sites for hydroxylation is 1. The Bertz CT molecular complexity index is 984. The van der Waals surface area contributed by atoms with Crippen LogP contribution < -0.4 is 5.56 Å². The van der Waals surface area contributed by atoms with Crippen LogP contribution >= 0.6 is 0 Å². The van der Waals surface area contributed by atoms with Crippen LogP contribution in [0.2, 0.25) is 0 Å². The highest BCUT2D eigenvalue weighted by Crippen LogP contribution is 2.33. The van der Waals surface area contributed by atoms with Crippen LogP contribution in [0.3, 0.4) is 0 Å². The zero-order chi connectivity index (χ0) is 23.3. The molecule has 1 atom stereocenters. The molecule has 1 aliphatic rings. The predicted molar refractivity (Wildman–Crippen MR) is 117 cm³/mol. The fourth-order valence-electron chi connectivity index (χ4n) is 4.07. The molecule has 8 nitrogen and oxygen atoms in total. The van der Waals surface area contributed by atoms with Gasteiger partial charge >= 0.3 is 6.09 Å². The van der Waals surface area contributed by atoms with Crippen LogP contribution in [0.4, 0.5) is 9.18 Å². The molecule has 3 rings (SSSR count). The number of carbonyl (C=O) groups excluding carboxylic acids is 1. The lowest BCUT2D eigenvalue weighted by Crippen LogP contribution is -2.50. The smallest absolute Gasteiger partial charge is 0.409 e. The highest BCUT2D eigenvalue weighted by atomic mass is 19.1. The van der Waals surface area contributed by atoms with Gasteiger partial charge in [-0.05, 0) is 37.6 Å². The molecule has 32 heavy (non-hydrogen) atoms. The molecule has 1 aromatic heterocycles. The van der Waals surface area contributed by atoms with Crippen molar-refractivity contribution in [3.63, 3.8) is 0 Å². The number of benzene rings is 1. The van der Waals surface area contributed by atoms with Crippen molar-refractivity contribution in [2.24, 2.45) is 0 Å². The summed E-state index contributed by atoms with van der Waals surface area (Å²) in [5, 5.41) is 10.8. The Morgan fingerprint density at radius 3 is 2.44 bits per heavy atom. The van der Waals surface area contributed by atoms with E-state index in [0.29, 0.717) is 57.2 Å². The van der Waals surface area contributed by atoms with E-state index < -0.39 is 6.04 Å². The van der Waals surface area contributed by atoms with Gasteiger partial charge in [-0.2, -0.15) is 0 Å². The topological polar surface area (TPSA) is 84.2 Å². The summed E-state index contributed by atoms with van der Waals surface area (Å²) in [6.07, 6.45) is -0.370. The van der Waals surface area contributed by atoms with Gasteiger partial charge in [-0.3, -0.25) is 9.69 Å². The number of hydrogen-bond acceptors (Lipinski definition) is 6. The van der Waals surface area contributed by atoms with Crippen molar-refractivity contribution in [1.29, 1.82) is 0 Å². The Balaban J connectivity index is 2.01. The van der Waals surface area contributed by atoms with Crippen LogP contribution in [0.25, 0.3) is 0 Å². The lowest BCUT2D eigenvalue weighted by molar-refractivity contribution is 0.0708. The molecule has 0 spiro atoms. The van der Waals surface area contributed by atoms with E-state index in [9.17, 15) is 19.1 Å². The van der Waals surface area contributed by atoms with E-state index in [-0.39, 0.29) is 28.8 Å². The molecule has 1 aromatic carbocycles. The number of pyridine rings is 1. The summed E-state index contributed by atoms with van der Waals surface area (Å²) < 4.78 is 25.4. The summed E-state index contributed by atoms with van der Waals surface area (Å²) in [5.41, 5.74) is 1.22. The molecule has 1 fully saturated rings. The first-order valence-corrected chi connectivity index (χ1v) is 10.7. The van der Waals surface area contributed by atoms with Crippen molar-refractivity contribution in [3.05, 3.63) is 63.3 Å². The minimum atomic E-state index is -0.596. The molecule has 2 heterocycles. The molecule has 0 aliphatic carbocycles. The van der Waals surface area contributed by atoms with E-state index >= 15 is 0 Å². The number of methoxy groups -OCH3 is 1. The van der Waals surface area contributed by atoms with Crippen molar-refractivity contribution in [2.45, 2.75) is 26.4 Å². The molecule has 0 saturated carbocycles. The van der Waals surface area contributed by atoms with Crippen molar-refractivity contribution in [2.75, 3.05) is 46.5 Å². The van der Waals surface area contributed by atoms with E-state index in [1.54, 1.807) is 48.6 Å². The van der Waals surface area contributed by atoms with Crippen molar-refractivity contribution < 1.29 is 23.8 Å². The number of nitrogens with zero attached hydrogens (tertiary/aromatic N) is 3. The van der Waals surface area contributed by atoms with Crippen molar-refractivity contribution in [3.8, 4) is 5.75 Å². The van der Waals surface area contributed by atoms with Gasteiger partial charge in [-0.1, -0.05) is 12.1 Å². The average molecular weight is 448 g/mol. The SMILES string of the molecule is CCOC(=O)N1CCN([C@@H](c2ccc(F)cc2)c2c(O)cc(C)n(CCOC)c2=O)CC1. The lowest BCUT2D eigenvalue weighted by atomic mass is 9.96. The Hall–Kier alpha value is -2.91. The highest BCUT2D eigenvalue weighted by Gasteiger charge is 2.32. The van der Waals surface area contributed by atoms with Gasteiger partial charge < -0.3 is 24.0 Å². The molecule has 0 unspecified atom stereocenters. The zero-order valence-electron chi connectivity index (χ0n) is 18.7. The number of aromatic hydroxyl groups is 1. The Morgan fingerprint density at radius 2 is 1.84 bits per heavy atom. The summed E-state index contributed by atoms with van der Waals surface area (Å²) in [4.78, 5) is 29.2. The minimum Gasteiger partial charge on any atom is -0.507 e. The quantitative estimate of drug-likeness (QED) is 0.702. The summed E-state index contributed by atoms with van der Waals surface area (Å²) in [6.45, 7) is 6.28. The van der Waals surface area contributed by atoms with Gasteiger partial charge in [0, 0.05) is 45.5 Å². The largest absolute Gasteiger partial charge is 0.507 e. The molecule has 174 valence electrons. The Labute approximate surface area is 186 Å². The van der Waals surface area contributed by atoms with E-state index in [2.05, 4.69) is 0 Å². The van der Waals surface area contributed by atoms with Gasteiger partial charge in [0.15, 0.2) is 0 Å². The maximum atomic E-state index is 13.6. The van der Waals surface area contributed by atoms with E-state index in [1.807, 2.05) is 4.90 Å². The third-order valence-electron chi connectivity index (χ3n) is 5.71. The second-order valence-electron chi connectivity index (χ2n) is 7.71. The molecule has 9 heteroatoms. The second kappa shape index (κ2) is 10.6. The molecule has 1 saturated heterocycles. The summed E-state index contributed by atoms with van der Waals surface area (Å²) in [6, 6.07) is 6.89. The maximum absolute atomic E-state index is 13.6. The predicted octanol–water partition coefficient (Wildman–Crippen LogP) is 2.51. The first-order chi connectivity index (χ1) is 15.4. The van der Waals surface area contributed by atoms with Gasteiger partial charge in [0.1, 0.15) is 11.6 Å². The molecule has 1 amide bonds. The van der Waals surface area contributed by atoms with E-state index in [1.165, 1.54) is 12.1 Å². The van der Waals surface area contributed by atoms with Crippen LogP contribution in [-0.2, 0) is 16.0 Å². The third-order valence-corrected chi connectivity index (χ3v) is 5.71. The molecule has 2 aromatic rings. The van der Waals surface area contributed by atoms with Crippen LogP contribution in [-0.4, -0.2) is 72.1 Å². The molecule has 0 radical (unpaired) electrons. The van der Waals surface area contributed by atoms with E-state index in [4.69, 9.17) is 9.47 Å². The van der Waals surface area contributed by atoms with Gasteiger partial charge in [-0.25, -0.2) is 9.18 Å². The maximum Gasteiger partial charge on any atom is 0.409 e. The number of rotatable bonds is 7. The van der Waals surface area contributed by atoms with Crippen LogP contribution in [0.5, 0.6) is 5.75 Å². The standard InChI is InChI=1S/C23H30FN3O5/c1-4-32-23(30)26-11-9-25(10-12-26)21(17-5-7-18(24)8-6-17)20-19(28)15-16(2)27(22(20)29)13-14-31-3/h5-8,15,21,28H,4,9-14H2,1-3H3/t21-/m0/s1. The number of carbonyl (C=O) groups is 1. The average Bonchev–Trinajstić information content (AvgIpc) is 2.77. The number of ether oxygens (including phenoxy) is 2. The van der Waals surface area contributed by atoms with Crippen LogP contribution in [0, 0.1) is 12.7 Å². The molecule has 1 N–H and O–H groups in total. The molecular formula is C23H30FN3O5. The monoisotopic (exact) mass is 447 g/mol. The fourth-order valence-corrected chi connectivity index (χ4v) is 4.07. The van der Waals surface area contributed by atoms with Crippen LogP contribution in [0.1, 0.15) is 29.8 Å². The molecule has 1 aliphatic heterocycles. The first kappa shape index (κ1) is 23.7. The Morgan fingerprint density at radius 1 is 1.19 bits per heavy atom. The number of hydrogen-bond donors (Lipinski definition) is 1. The summed E-state index contributed by atoms with van der Waals surface area (Å²) >= 11 is 0. The number of amides is 1. The van der Waals surface area contributed by atoms with Gasteiger partial charge in [-0.15, -0.1) is 0 Å². The van der Waals surface area contributed by atoms with Crippen molar-refractivity contribution >= 4 is 6.09 Å². The number of halogens is 1. The molecule has 0 bridgehead atoms. The Kier molecular flexibility index (Phi) is 7.87. The fraction of sp³-hybridized carbons (Fsp3) is 0.478. The minimum absolute atomic E-state index is 0.108. The van der Waals surface area contributed by atoms with Crippen LogP contribution in [0.15, 0.2) is 35.1 Å². The normalized spacial score (nSPS) is 15.6. The summed E-state index contributed by atoms with van der Waals surface area (Å²) in [5.74, 6) is -0.492. The second-order valence-corrected chi connectivity index (χ2v) is 7.71. The summed E-state index contributed by atoms with van der Waals surface area (Å²) in [7, 11) is 1.56. The zero-order valence-corrected chi connectivity index (χ0v) is 18.7. The molecular weight excluding hydrogens is 417 g/mol. The van der Waals surface area contributed by atoms with Gasteiger partial charge in [0.2, 0.25) is 0 Å².